The third-order valence-corrected chi connectivity index (χ3v) is 2.74. The molecule has 2 heterocycles. The number of furan rings is 1. The van der Waals surface area contributed by atoms with Gasteiger partial charge in [-0.1, -0.05) is 5.21 Å². The number of nitrogens with one attached hydrogen (secondary N) is 1. The summed E-state index contributed by atoms with van der Waals surface area (Å²) >= 11 is 5.94. The first-order valence-corrected chi connectivity index (χ1v) is 5.34. The first-order valence-electron chi connectivity index (χ1n) is 4.96. The van der Waals surface area contributed by atoms with Crippen LogP contribution in [0, 0.1) is 0 Å². The fourth-order valence-electron chi connectivity index (χ4n) is 1.62. The molecule has 2 aromatic rings. The Morgan fingerprint density at radius 2 is 2.44 bits per heavy atom. The maximum Gasteiger partial charge on any atom is 0.197 e. The maximum absolute atomic E-state index is 5.94. The molecule has 0 fully saturated rings. The van der Waals surface area contributed by atoms with Gasteiger partial charge in [0.15, 0.2) is 5.22 Å². The zero-order valence-corrected chi connectivity index (χ0v) is 9.90. The third-order valence-electron chi connectivity index (χ3n) is 2.43. The second kappa shape index (κ2) is 4.67. The summed E-state index contributed by atoms with van der Waals surface area (Å²) in [5.41, 5.74) is 1.86. The quantitative estimate of drug-likeness (QED) is 0.881. The van der Waals surface area contributed by atoms with Gasteiger partial charge in [0.1, 0.15) is 0 Å². The van der Waals surface area contributed by atoms with Crippen molar-refractivity contribution in [2.45, 2.75) is 12.5 Å². The van der Waals surface area contributed by atoms with Gasteiger partial charge in [0.05, 0.1) is 12.0 Å². The lowest BCUT2D eigenvalue weighted by Gasteiger charge is -2.12. The molecule has 0 bridgehead atoms. The highest BCUT2D eigenvalue weighted by Gasteiger charge is 2.17. The second-order valence-electron chi connectivity index (χ2n) is 3.58. The summed E-state index contributed by atoms with van der Waals surface area (Å²) in [6, 6.07) is 1.95. The molecular weight excluding hydrogens is 228 g/mol. The lowest BCUT2D eigenvalue weighted by Crippen LogP contribution is -2.18. The van der Waals surface area contributed by atoms with Crippen molar-refractivity contribution in [1.82, 2.24) is 20.3 Å². The van der Waals surface area contributed by atoms with Crippen molar-refractivity contribution in [1.29, 1.82) is 0 Å². The van der Waals surface area contributed by atoms with Gasteiger partial charge in [-0.15, -0.1) is 5.10 Å². The van der Waals surface area contributed by atoms with Gasteiger partial charge >= 0.3 is 0 Å². The molecule has 5 nitrogen and oxygen atoms in total. The highest BCUT2D eigenvalue weighted by Crippen LogP contribution is 2.25. The van der Waals surface area contributed by atoms with E-state index in [-0.39, 0.29) is 6.04 Å². The van der Waals surface area contributed by atoms with E-state index in [1.165, 1.54) is 0 Å². The third kappa shape index (κ3) is 2.25. The lowest BCUT2D eigenvalue weighted by atomic mass is 10.1. The number of halogens is 1. The Morgan fingerprint density at radius 1 is 1.62 bits per heavy atom. The summed E-state index contributed by atoms with van der Waals surface area (Å²) in [6.45, 7) is 0. The fourth-order valence-corrected chi connectivity index (χ4v) is 1.87. The smallest absolute Gasteiger partial charge is 0.197 e. The Morgan fingerprint density at radius 3 is 2.94 bits per heavy atom. The van der Waals surface area contributed by atoms with E-state index in [1.54, 1.807) is 10.9 Å². The van der Waals surface area contributed by atoms with Gasteiger partial charge in [0.2, 0.25) is 0 Å². The predicted octanol–water partition coefficient (Wildman–Crippen LogP) is 1.56. The van der Waals surface area contributed by atoms with Crippen LogP contribution in [0.3, 0.4) is 0 Å². The van der Waals surface area contributed by atoms with Crippen LogP contribution in [-0.4, -0.2) is 22.0 Å². The van der Waals surface area contributed by atoms with Crippen LogP contribution in [0.4, 0.5) is 0 Å². The van der Waals surface area contributed by atoms with Gasteiger partial charge in [-0.2, -0.15) is 0 Å². The molecule has 0 amide bonds. The van der Waals surface area contributed by atoms with E-state index in [0.29, 0.717) is 5.22 Å². The Hall–Kier alpha value is -1.33. The molecule has 0 aliphatic rings. The molecule has 0 aromatic carbocycles. The molecule has 2 rings (SSSR count). The summed E-state index contributed by atoms with van der Waals surface area (Å²) in [4.78, 5) is 0. The van der Waals surface area contributed by atoms with Crippen LogP contribution in [0.15, 0.2) is 22.9 Å². The molecule has 0 saturated carbocycles. The molecule has 1 N–H and O–H groups in total. The van der Waals surface area contributed by atoms with Gasteiger partial charge in [-0.25, -0.2) is 0 Å². The minimum absolute atomic E-state index is 0.0861. The molecule has 6 heteroatoms. The molecule has 0 aliphatic carbocycles. The summed E-state index contributed by atoms with van der Waals surface area (Å²) < 4.78 is 6.75. The van der Waals surface area contributed by atoms with Crippen molar-refractivity contribution in [3.8, 4) is 0 Å². The lowest BCUT2D eigenvalue weighted by molar-refractivity contribution is 0.541. The minimum atomic E-state index is 0.0861. The largest absolute Gasteiger partial charge is 0.453 e. The summed E-state index contributed by atoms with van der Waals surface area (Å²) in [5.74, 6) is 0. The van der Waals surface area contributed by atoms with E-state index in [2.05, 4.69) is 15.6 Å². The van der Waals surface area contributed by atoms with E-state index in [9.17, 15) is 0 Å². The van der Waals surface area contributed by atoms with Crippen LogP contribution in [0.2, 0.25) is 5.22 Å². The summed E-state index contributed by atoms with van der Waals surface area (Å²) in [5, 5.41) is 11.5. The fraction of sp³-hybridized carbons (Fsp3) is 0.400. The molecule has 1 atom stereocenters. The van der Waals surface area contributed by atoms with E-state index < -0.39 is 0 Å². The molecular formula is C10H13ClN4O. The topological polar surface area (TPSA) is 55.9 Å². The van der Waals surface area contributed by atoms with Crippen molar-refractivity contribution in [3.63, 3.8) is 0 Å². The Bertz CT molecular complexity index is 465. The second-order valence-corrected chi connectivity index (χ2v) is 3.92. The van der Waals surface area contributed by atoms with Crippen molar-refractivity contribution >= 4 is 11.6 Å². The standard InChI is InChI=1S/C10H13ClN4O/c1-12-9(8-3-4-16-10(8)11)5-7-6-15(2)14-13-7/h3-4,6,9,12H,5H2,1-2H3. The highest BCUT2D eigenvalue weighted by atomic mass is 35.5. The monoisotopic (exact) mass is 240 g/mol. The number of hydrogen-bond acceptors (Lipinski definition) is 4. The summed E-state index contributed by atoms with van der Waals surface area (Å²) in [6.07, 6.45) is 4.20. The van der Waals surface area contributed by atoms with Gasteiger partial charge in [0, 0.05) is 31.3 Å². The van der Waals surface area contributed by atoms with Gasteiger partial charge in [0.25, 0.3) is 0 Å². The molecule has 1 unspecified atom stereocenters. The molecule has 16 heavy (non-hydrogen) atoms. The molecule has 2 aromatic heterocycles. The first-order chi connectivity index (χ1) is 7.70. The van der Waals surface area contributed by atoms with Gasteiger partial charge in [-0.05, 0) is 24.7 Å². The molecule has 86 valence electrons. The van der Waals surface area contributed by atoms with Crippen molar-refractivity contribution in [2.75, 3.05) is 7.05 Å². The van der Waals surface area contributed by atoms with E-state index in [1.807, 2.05) is 26.4 Å². The number of likely N-dealkylation sites (N-methyl/N-ethyl adjacent to an activating group) is 1. The highest BCUT2D eigenvalue weighted by molar-refractivity contribution is 6.29. The van der Waals surface area contributed by atoms with Gasteiger partial charge in [-0.3, -0.25) is 4.68 Å². The van der Waals surface area contributed by atoms with E-state index >= 15 is 0 Å². The normalized spacial score (nSPS) is 12.9. The van der Waals surface area contributed by atoms with Gasteiger partial charge < -0.3 is 9.73 Å². The van der Waals surface area contributed by atoms with Crippen LogP contribution < -0.4 is 5.32 Å². The zero-order valence-electron chi connectivity index (χ0n) is 9.14. The number of aromatic nitrogens is 3. The summed E-state index contributed by atoms with van der Waals surface area (Å²) in [7, 11) is 3.72. The average molecular weight is 241 g/mol. The van der Waals surface area contributed by atoms with Crippen LogP contribution in [0.25, 0.3) is 0 Å². The van der Waals surface area contributed by atoms with Crippen molar-refractivity contribution < 1.29 is 4.42 Å². The van der Waals surface area contributed by atoms with Crippen molar-refractivity contribution in [2.24, 2.45) is 7.05 Å². The number of nitrogens with zero attached hydrogens (tertiary/aromatic N) is 3. The molecule has 0 aliphatic heterocycles. The average Bonchev–Trinajstić information content (AvgIpc) is 2.84. The Labute approximate surface area is 98.4 Å². The molecule has 0 spiro atoms. The SMILES string of the molecule is CNC(Cc1cn(C)nn1)c1ccoc1Cl. The van der Waals surface area contributed by atoms with E-state index in [0.717, 1.165) is 17.7 Å². The van der Waals surface area contributed by atoms with Crippen molar-refractivity contribution in [3.05, 3.63) is 35.0 Å². The van der Waals surface area contributed by atoms with Crippen LogP contribution in [0.5, 0.6) is 0 Å². The molecule has 0 saturated heterocycles. The molecule has 0 radical (unpaired) electrons. The minimum Gasteiger partial charge on any atom is -0.453 e. The zero-order chi connectivity index (χ0) is 11.5. The van der Waals surface area contributed by atoms with Crippen LogP contribution in [0.1, 0.15) is 17.3 Å². The predicted molar refractivity (Wildman–Crippen MR) is 60.2 cm³/mol. The number of aryl methyl sites for hydroxylation is 1. The number of hydrogen-bond donors (Lipinski definition) is 1. The maximum atomic E-state index is 5.94. The first kappa shape index (κ1) is 11.2. The Balaban J connectivity index is 2.15. The van der Waals surface area contributed by atoms with Crippen LogP contribution in [-0.2, 0) is 13.5 Å². The Kier molecular flexibility index (Phi) is 3.26. The van der Waals surface area contributed by atoms with E-state index in [4.69, 9.17) is 16.0 Å². The number of rotatable bonds is 4. The van der Waals surface area contributed by atoms with Crippen LogP contribution >= 0.6 is 11.6 Å².